The van der Waals surface area contributed by atoms with Gasteiger partial charge in [0.05, 0.1) is 17.4 Å². The number of carboxylic acids is 1. The van der Waals surface area contributed by atoms with E-state index in [9.17, 15) is 14.0 Å². The molecule has 1 aromatic rings. The Kier molecular flexibility index (Phi) is 4.79. The average Bonchev–Trinajstić information content (AvgIpc) is 2.29. The van der Waals surface area contributed by atoms with Crippen molar-refractivity contribution in [3.8, 4) is 0 Å². The standard InChI is InChI=1S/C12H14FNO4/c1-7(15)2-5-11(16)14-10-6-8(12(17)18)3-4-9(10)13/h3-4,6-7,15H,2,5H2,1H3,(H,14,16)(H,17,18). The Hall–Kier alpha value is -1.95. The molecule has 0 aliphatic heterocycles. The second-order valence-electron chi connectivity index (χ2n) is 3.94. The first-order chi connectivity index (χ1) is 8.40. The highest BCUT2D eigenvalue weighted by Crippen LogP contribution is 2.16. The van der Waals surface area contributed by atoms with Gasteiger partial charge >= 0.3 is 5.97 Å². The Morgan fingerprint density at radius 2 is 2.11 bits per heavy atom. The monoisotopic (exact) mass is 255 g/mol. The normalized spacial score (nSPS) is 11.9. The van der Waals surface area contributed by atoms with Crippen molar-refractivity contribution in [1.29, 1.82) is 0 Å². The fraction of sp³-hybridized carbons (Fsp3) is 0.333. The third-order valence-electron chi connectivity index (χ3n) is 2.28. The Bertz CT molecular complexity index is 459. The molecule has 3 N–H and O–H groups in total. The van der Waals surface area contributed by atoms with E-state index in [4.69, 9.17) is 10.2 Å². The van der Waals surface area contributed by atoms with Crippen molar-refractivity contribution in [2.24, 2.45) is 0 Å². The van der Waals surface area contributed by atoms with E-state index in [1.54, 1.807) is 6.92 Å². The summed E-state index contributed by atoms with van der Waals surface area (Å²) >= 11 is 0. The molecule has 1 atom stereocenters. The number of amides is 1. The number of aromatic carboxylic acids is 1. The number of benzene rings is 1. The van der Waals surface area contributed by atoms with Crippen LogP contribution in [0.25, 0.3) is 0 Å². The van der Waals surface area contributed by atoms with Gasteiger partial charge in [-0.3, -0.25) is 4.79 Å². The second kappa shape index (κ2) is 6.11. The first-order valence-corrected chi connectivity index (χ1v) is 5.41. The zero-order chi connectivity index (χ0) is 13.7. The lowest BCUT2D eigenvalue weighted by Crippen LogP contribution is -2.15. The number of rotatable bonds is 5. The van der Waals surface area contributed by atoms with Gasteiger partial charge in [0.15, 0.2) is 0 Å². The van der Waals surface area contributed by atoms with Crippen LogP contribution >= 0.6 is 0 Å². The Morgan fingerprint density at radius 3 is 2.67 bits per heavy atom. The minimum atomic E-state index is -1.20. The van der Waals surface area contributed by atoms with E-state index >= 15 is 0 Å². The molecule has 0 fully saturated rings. The fourth-order valence-corrected chi connectivity index (χ4v) is 1.31. The molecular weight excluding hydrogens is 241 g/mol. The number of hydrogen-bond donors (Lipinski definition) is 3. The van der Waals surface area contributed by atoms with E-state index in [-0.39, 0.29) is 24.1 Å². The summed E-state index contributed by atoms with van der Waals surface area (Å²) in [5.41, 5.74) is -0.285. The van der Waals surface area contributed by atoms with Gasteiger partial charge in [0.2, 0.25) is 5.91 Å². The molecule has 98 valence electrons. The average molecular weight is 255 g/mol. The number of carbonyl (C=O) groups is 2. The quantitative estimate of drug-likeness (QED) is 0.746. The number of anilines is 1. The molecule has 1 rings (SSSR count). The van der Waals surface area contributed by atoms with Crippen molar-refractivity contribution in [2.45, 2.75) is 25.9 Å². The van der Waals surface area contributed by atoms with Crippen molar-refractivity contribution in [2.75, 3.05) is 5.32 Å². The molecule has 0 aliphatic rings. The van der Waals surface area contributed by atoms with Crippen molar-refractivity contribution < 1.29 is 24.2 Å². The van der Waals surface area contributed by atoms with Crippen LogP contribution in [0.15, 0.2) is 18.2 Å². The third-order valence-corrected chi connectivity index (χ3v) is 2.28. The molecule has 0 aromatic heterocycles. The highest BCUT2D eigenvalue weighted by Gasteiger charge is 2.11. The molecule has 6 heteroatoms. The molecule has 1 aromatic carbocycles. The SMILES string of the molecule is CC(O)CCC(=O)Nc1cc(C(=O)O)ccc1F. The van der Waals surface area contributed by atoms with Crippen molar-refractivity contribution in [1.82, 2.24) is 0 Å². The number of carboxylic acid groups (broad SMARTS) is 1. The highest BCUT2D eigenvalue weighted by molar-refractivity contribution is 5.94. The van der Waals surface area contributed by atoms with Gasteiger partial charge in [0.25, 0.3) is 0 Å². The van der Waals surface area contributed by atoms with E-state index in [0.717, 1.165) is 18.2 Å². The van der Waals surface area contributed by atoms with Crippen LogP contribution in [-0.4, -0.2) is 28.2 Å². The highest BCUT2D eigenvalue weighted by atomic mass is 19.1. The number of halogens is 1. The van der Waals surface area contributed by atoms with Crippen LogP contribution in [-0.2, 0) is 4.79 Å². The van der Waals surface area contributed by atoms with Gasteiger partial charge in [-0.1, -0.05) is 0 Å². The summed E-state index contributed by atoms with van der Waals surface area (Å²) < 4.78 is 13.3. The van der Waals surface area contributed by atoms with Crippen LogP contribution in [0.4, 0.5) is 10.1 Å². The predicted molar refractivity (Wildman–Crippen MR) is 62.9 cm³/mol. The largest absolute Gasteiger partial charge is 0.478 e. The summed E-state index contributed by atoms with van der Waals surface area (Å²) in [7, 11) is 0. The zero-order valence-corrected chi connectivity index (χ0v) is 9.81. The maximum Gasteiger partial charge on any atom is 0.335 e. The number of aliphatic hydroxyl groups excluding tert-OH is 1. The first kappa shape index (κ1) is 14.1. The summed E-state index contributed by atoms with van der Waals surface area (Å²) in [6.45, 7) is 1.54. The first-order valence-electron chi connectivity index (χ1n) is 5.41. The Morgan fingerprint density at radius 1 is 1.44 bits per heavy atom. The summed E-state index contributed by atoms with van der Waals surface area (Å²) in [4.78, 5) is 22.1. The number of carbonyl (C=O) groups excluding carboxylic acids is 1. The maximum atomic E-state index is 13.3. The predicted octanol–water partition coefficient (Wildman–Crippen LogP) is 1.62. The Labute approximate surface area is 103 Å². The molecule has 0 heterocycles. The second-order valence-corrected chi connectivity index (χ2v) is 3.94. The van der Waals surface area contributed by atoms with E-state index in [0.29, 0.717) is 0 Å². The topological polar surface area (TPSA) is 86.6 Å². The molecule has 5 nitrogen and oxygen atoms in total. The van der Waals surface area contributed by atoms with Gasteiger partial charge in [-0.15, -0.1) is 0 Å². The zero-order valence-electron chi connectivity index (χ0n) is 9.81. The molecular formula is C12H14FNO4. The molecule has 1 unspecified atom stereocenters. The number of hydrogen-bond acceptors (Lipinski definition) is 3. The Balaban J connectivity index is 2.74. The molecule has 0 spiro atoms. The molecule has 0 saturated carbocycles. The van der Waals surface area contributed by atoms with E-state index in [1.165, 1.54) is 0 Å². The van der Waals surface area contributed by atoms with Gasteiger partial charge in [-0.25, -0.2) is 9.18 Å². The summed E-state index contributed by atoms with van der Waals surface area (Å²) in [5, 5.41) is 20.0. The molecule has 18 heavy (non-hydrogen) atoms. The smallest absolute Gasteiger partial charge is 0.335 e. The maximum absolute atomic E-state index is 13.3. The molecule has 0 saturated heterocycles. The molecule has 0 aliphatic carbocycles. The van der Waals surface area contributed by atoms with Crippen LogP contribution < -0.4 is 5.32 Å². The summed E-state index contributed by atoms with van der Waals surface area (Å²) in [6.07, 6.45) is -0.327. The number of nitrogens with one attached hydrogen (secondary N) is 1. The minimum absolute atomic E-state index is 0.0361. The van der Waals surface area contributed by atoms with Gasteiger partial charge in [0, 0.05) is 6.42 Å². The van der Waals surface area contributed by atoms with Gasteiger partial charge in [-0.2, -0.15) is 0 Å². The number of aliphatic hydroxyl groups is 1. The third kappa shape index (κ3) is 4.14. The van der Waals surface area contributed by atoms with E-state index in [1.807, 2.05) is 0 Å². The van der Waals surface area contributed by atoms with E-state index < -0.39 is 23.8 Å². The van der Waals surface area contributed by atoms with Gasteiger partial charge in [-0.05, 0) is 31.5 Å². The van der Waals surface area contributed by atoms with Crippen molar-refractivity contribution in [3.05, 3.63) is 29.6 Å². The van der Waals surface area contributed by atoms with Crippen molar-refractivity contribution >= 4 is 17.6 Å². The van der Waals surface area contributed by atoms with Crippen LogP contribution in [0.5, 0.6) is 0 Å². The molecule has 0 radical (unpaired) electrons. The summed E-state index contributed by atoms with van der Waals surface area (Å²) in [6, 6.07) is 3.15. The lowest BCUT2D eigenvalue weighted by atomic mass is 10.1. The lowest BCUT2D eigenvalue weighted by molar-refractivity contribution is -0.116. The summed E-state index contributed by atoms with van der Waals surface area (Å²) in [5.74, 6) is -2.38. The van der Waals surface area contributed by atoms with Crippen LogP contribution in [0.2, 0.25) is 0 Å². The molecule has 0 bridgehead atoms. The van der Waals surface area contributed by atoms with E-state index in [2.05, 4.69) is 5.32 Å². The molecule has 1 amide bonds. The van der Waals surface area contributed by atoms with Crippen LogP contribution in [0, 0.1) is 5.82 Å². The lowest BCUT2D eigenvalue weighted by Gasteiger charge is -2.08. The van der Waals surface area contributed by atoms with Gasteiger partial charge < -0.3 is 15.5 Å². The van der Waals surface area contributed by atoms with Gasteiger partial charge in [0.1, 0.15) is 5.82 Å². The fourth-order valence-electron chi connectivity index (χ4n) is 1.31. The van der Waals surface area contributed by atoms with Crippen LogP contribution in [0.1, 0.15) is 30.1 Å². The van der Waals surface area contributed by atoms with Crippen LogP contribution in [0.3, 0.4) is 0 Å². The van der Waals surface area contributed by atoms with Crippen molar-refractivity contribution in [3.63, 3.8) is 0 Å². The minimum Gasteiger partial charge on any atom is -0.478 e.